The fourth-order valence-corrected chi connectivity index (χ4v) is 5.25. The van der Waals surface area contributed by atoms with Gasteiger partial charge in [-0.2, -0.15) is 0 Å². The maximum atomic E-state index is 12.2. The summed E-state index contributed by atoms with van der Waals surface area (Å²) in [6.45, 7) is 5.96. The smallest absolute Gasteiger partial charge is 0.178 e. The van der Waals surface area contributed by atoms with Gasteiger partial charge >= 0.3 is 0 Å². The van der Waals surface area contributed by atoms with Gasteiger partial charge in [0.15, 0.2) is 15.6 Å². The van der Waals surface area contributed by atoms with E-state index in [2.05, 4.69) is 0 Å². The molecule has 2 heterocycles. The molecule has 1 fully saturated rings. The Morgan fingerprint density at radius 1 is 1.47 bits per heavy atom. The molecule has 19 heavy (non-hydrogen) atoms. The number of thiophene rings is 1. The summed E-state index contributed by atoms with van der Waals surface area (Å²) in [6.07, 6.45) is 0.168. The Morgan fingerprint density at radius 3 is 2.63 bits per heavy atom. The van der Waals surface area contributed by atoms with E-state index in [4.69, 9.17) is 4.74 Å². The van der Waals surface area contributed by atoms with Crippen molar-refractivity contribution in [1.29, 1.82) is 0 Å². The average molecular weight is 302 g/mol. The van der Waals surface area contributed by atoms with Crippen LogP contribution in [0.25, 0.3) is 0 Å². The van der Waals surface area contributed by atoms with Crippen LogP contribution in [-0.4, -0.2) is 37.9 Å². The number of ether oxygens (including phenoxy) is 1. The van der Waals surface area contributed by atoms with Gasteiger partial charge in [-0.1, -0.05) is 0 Å². The van der Waals surface area contributed by atoms with Crippen LogP contribution in [0.2, 0.25) is 0 Å². The molecule has 0 saturated carbocycles. The Morgan fingerprint density at radius 2 is 2.16 bits per heavy atom. The van der Waals surface area contributed by atoms with Gasteiger partial charge in [0.25, 0.3) is 0 Å². The third-order valence-electron chi connectivity index (χ3n) is 3.44. The van der Waals surface area contributed by atoms with Gasteiger partial charge < -0.3 is 4.74 Å². The molecule has 0 N–H and O–H groups in total. The lowest BCUT2D eigenvalue weighted by Crippen LogP contribution is -2.32. The molecule has 2 atom stereocenters. The quantitative estimate of drug-likeness (QED) is 0.800. The van der Waals surface area contributed by atoms with Crippen molar-refractivity contribution < 1.29 is 17.9 Å². The number of carbonyl (C=O) groups is 1. The zero-order valence-corrected chi connectivity index (χ0v) is 12.9. The average Bonchev–Trinajstić information content (AvgIpc) is 2.84. The van der Waals surface area contributed by atoms with E-state index >= 15 is 0 Å². The van der Waals surface area contributed by atoms with Crippen molar-refractivity contribution in [3.63, 3.8) is 0 Å². The van der Waals surface area contributed by atoms with Crippen molar-refractivity contribution in [2.75, 3.05) is 12.4 Å². The Labute approximate surface area is 117 Å². The highest BCUT2D eigenvalue weighted by molar-refractivity contribution is 7.92. The molecular formula is C13H18O4S2. The lowest BCUT2D eigenvalue weighted by atomic mass is 10.2. The van der Waals surface area contributed by atoms with E-state index in [-0.39, 0.29) is 11.9 Å². The number of rotatable bonds is 4. The van der Waals surface area contributed by atoms with Crippen molar-refractivity contribution in [3.8, 4) is 0 Å². The summed E-state index contributed by atoms with van der Waals surface area (Å²) in [6, 6.07) is 1.77. The molecule has 0 aliphatic carbocycles. The fraction of sp³-hybridized carbons (Fsp3) is 0.615. The van der Waals surface area contributed by atoms with Crippen LogP contribution in [0.15, 0.2) is 6.07 Å². The highest BCUT2D eigenvalue weighted by Crippen LogP contribution is 2.25. The molecule has 2 rings (SSSR count). The Bertz CT molecular complexity index is 586. The topological polar surface area (TPSA) is 60.4 Å². The summed E-state index contributed by atoms with van der Waals surface area (Å²) in [7, 11) is -3.43. The zero-order valence-electron chi connectivity index (χ0n) is 11.3. The van der Waals surface area contributed by atoms with E-state index in [0.717, 1.165) is 9.75 Å². The van der Waals surface area contributed by atoms with Crippen LogP contribution in [0.1, 0.15) is 33.5 Å². The minimum Gasteiger partial charge on any atom is -0.377 e. The van der Waals surface area contributed by atoms with Crippen LogP contribution in [0.4, 0.5) is 0 Å². The number of aryl methyl sites for hydroxylation is 2. The van der Waals surface area contributed by atoms with Crippen LogP contribution in [0.5, 0.6) is 0 Å². The van der Waals surface area contributed by atoms with E-state index in [1.165, 1.54) is 11.3 Å². The monoisotopic (exact) mass is 302 g/mol. The molecule has 1 aromatic heterocycles. The summed E-state index contributed by atoms with van der Waals surface area (Å²) >= 11 is 1.52. The summed E-state index contributed by atoms with van der Waals surface area (Å²) < 4.78 is 29.8. The first-order valence-corrected chi connectivity index (χ1v) is 8.78. The van der Waals surface area contributed by atoms with Crippen molar-refractivity contribution in [2.24, 2.45) is 0 Å². The van der Waals surface area contributed by atoms with Gasteiger partial charge in [0.05, 0.1) is 11.4 Å². The first-order valence-electron chi connectivity index (χ1n) is 6.24. The number of hydrogen-bond donors (Lipinski definition) is 0. The molecular weight excluding hydrogens is 284 g/mol. The standard InChI is InChI=1S/C13H18O4S2/c1-8-6-11(10(3)18-8)12(14)7-19(15,16)13-4-5-17-9(13)2/h6,9,13H,4-5,7H2,1-3H3. The lowest BCUT2D eigenvalue weighted by Gasteiger charge is -2.14. The molecule has 0 spiro atoms. The third-order valence-corrected chi connectivity index (χ3v) is 6.61. The lowest BCUT2D eigenvalue weighted by molar-refractivity contribution is 0.102. The molecule has 1 saturated heterocycles. The van der Waals surface area contributed by atoms with Gasteiger partial charge in [0.1, 0.15) is 5.75 Å². The molecule has 0 amide bonds. The van der Waals surface area contributed by atoms with Crippen LogP contribution in [-0.2, 0) is 14.6 Å². The molecule has 0 bridgehead atoms. The van der Waals surface area contributed by atoms with Crippen LogP contribution < -0.4 is 0 Å². The van der Waals surface area contributed by atoms with Crippen LogP contribution in [0, 0.1) is 13.8 Å². The predicted octanol–water partition coefficient (Wildman–Crippen LogP) is 2.14. The molecule has 1 aliphatic heterocycles. The first kappa shape index (κ1) is 14.7. The molecule has 0 aromatic carbocycles. The third kappa shape index (κ3) is 3.07. The van der Waals surface area contributed by atoms with Crippen molar-refractivity contribution in [3.05, 3.63) is 21.4 Å². The molecule has 0 radical (unpaired) electrons. The molecule has 1 aromatic rings. The maximum Gasteiger partial charge on any atom is 0.178 e. The van der Waals surface area contributed by atoms with Gasteiger partial charge in [-0.15, -0.1) is 11.3 Å². The van der Waals surface area contributed by atoms with Crippen molar-refractivity contribution in [2.45, 2.75) is 38.5 Å². The fourth-order valence-electron chi connectivity index (χ4n) is 2.46. The van der Waals surface area contributed by atoms with E-state index in [0.29, 0.717) is 18.6 Å². The van der Waals surface area contributed by atoms with Crippen LogP contribution >= 0.6 is 11.3 Å². The molecule has 1 aliphatic rings. The molecule has 2 unspecified atom stereocenters. The minimum atomic E-state index is -3.43. The number of carbonyl (C=O) groups excluding carboxylic acids is 1. The summed E-state index contributed by atoms with van der Waals surface area (Å²) in [5, 5.41) is -0.545. The van der Waals surface area contributed by atoms with Gasteiger partial charge in [-0.25, -0.2) is 8.42 Å². The van der Waals surface area contributed by atoms with Crippen molar-refractivity contribution >= 4 is 27.0 Å². The number of hydrogen-bond acceptors (Lipinski definition) is 5. The highest BCUT2D eigenvalue weighted by Gasteiger charge is 2.37. The highest BCUT2D eigenvalue weighted by atomic mass is 32.2. The first-order chi connectivity index (χ1) is 8.81. The van der Waals surface area contributed by atoms with E-state index in [1.54, 1.807) is 13.0 Å². The second kappa shape index (κ2) is 5.34. The molecule has 106 valence electrons. The number of ketones is 1. The number of sulfone groups is 1. The Kier molecular flexibility index (Phi) is 4.13. The van der Waals surface area contributed by atoms with Crippen LogP contribution in [0.3, 0.4) is 0 Å². The predicted molar refractivity (Wildman–Crippen MR) is 75.7 cm³/mol. The second-order valence-electron chi connectivity index (χ2n) is 4.96. The summed E-state index contributed by atoms with van der Waals surface area (Å²) in [5.41, 5.74) is 0.539. The summed E-state index contributed by atoms with van der Waals surface area (Å²) in [4.78, 5) is 14.1. The zero-order chi connectivity index (χ0) is 14.2. The Hall–Kier alpha value is -0.720. The largest absolute Gasteiger partial charge is 0.377 e. The van der Waals surface area contributed by atoms with Gasteiger partial charge in [-0.05, 0) is 33.3 Å². The van der Waals surface area contributed by atoms with Gasteiger partial charge in [0.2, 0.25) is 0 Å². The van der Waals surface area contributed by atoms with Gasteiger partial charge in [-0.3, -0.25) is 4.79 Å². The van der Waals surface area contributed by atoms with Gasteiger partial charge in [0, 0.05) is 21.9 Å². The summed E-state index contributed by atoms with van der Waals surface area (Å²) in [5.74, 6) is -0.719. The van der Waals surface area contributed by atoms with E-state index < -0.39 is 20.8 Å². The SMILES string of the molecule is Cc1cc(C(=O)CS(=O)(=O)C2CCOC2C)c(C)s1. The maximum absolute atomic E-state index is 12.2. The minimum absolute atomic E-state index is 0.305. The Balaban J connectivity index is 2.16. The van der Waals surface area contributed by atoms with E-state index in [9.17, 15) is 13.2 Å². The van der Waals surface area contributed by atoms with E-state index in [1.807, 2.05) is 13.8 Å². The van der Waals surface area contributed by atoms with Crippen molar-refractivity contribution in [1.82, 2.24) is 0 Å². The molecule has 4 nitrogen and oxygen atoms in total. The normalized spacial score (nSPS) is 23.7. The number of Topliss-reactive ketones (excluding diaryl/α,β-unsaturated/α-hetero) is 1. The second-order valence-corrected chi connectivity index (χ2v) is 8.64. The molecule has 6 heteroatoms.